The van der Waals surface area contributed by atoms with Crippen LogP contribution < -0.4 is 0 Å². The highest BCUT2D eigenvalue weighted by Gasteiger charge is 2.27. The van der Waals surface area contributed by atoms with Crippen LogP contribution in [0.3, 0.4) is 0 Å². The fourth-order valence-corrected chi connectivity index (χ4v) is 3.59. The zero-order valence-corrected chi connectivity index (χ0v) is 19.4. The Balaban J connectivity index is 2.78. The van der Waals surface area contributed by atoms with E-state index in [4.69, 9.17) is 21.6 Å². The Morgan fingerprint density at radius 2 is 1.75 bits per heavy atom. The molecule has 1 unspecified atom stereocenters. The molecule has 0 bridgehead atoms. The Kier molecular flexibility index (Phi) is 7.65. The van der Waals surface area contributed by atoms with Crippen molar-refractivity contribution in [3.63, 3.8) is 0 Å². The summed E-state index contributed by atoms with van der Waals surface area (Å²) in [5.41, 5.74) is 7.08. The Morgan fingerprint density at radius 1 is 1.14 bits per heavy atom. The predicted octanol–water partition coefficient (Wildman–Crippen LogP) is 6.68. The van der Waals surface area contributed by atoms with Crippen LogP contribution in [0, 0.1) is 0 Å². The van der Waals surface area contributed by atoms with Crippen LogP contribution in [0.1, 0.15) is 67.4 Å². The molecular weight excluding hydrogens is 366 g/mol. The van der Waals surface area contributed by atoms with E-state index in [1.165, 1.54) is 22.4 Å². The van der Waals surface area contributed by atoms with Gasteiger partial charge in [-0.05, 0) is 72.6 Å². The number of hydrogen-bond donors (Lipinski definition) is 0. The minimum absolute atomic E-state index is 0.282. The molecule has 0 N–H and O–H groups in total. The molecule has 0 saturated heterocycles. The summed E-state index contributed by atoms with van der Waals surface area (Å²) in [5.74, 6) is 1.05. The van der Waals surface area contributed by atoms with E-state index < -0.39 is 0 Å². The average Bonchev–Trinajstić information content (AvgIpc) is 2.77. The number of amidine groups is 1. The summed E-state index contributed by atoms with van der Waals surface area (Å²) in [6, 6.07) is 8.58. The maximum absolute atomic E-state index is 6.13. The van der Waals surface area contributed by atoms with Crippen LogP contribution in [0.25, 0.3) is 0 Å². The fourth-order valence-electron chi connectivity index (χ4n) is 3.47. The molecule has 1 aromatic rings. The minimum Gasteiger partial charge on any atom is -0.329 e. The summed E-state index contributed by atoms with van der Waals surface area (Å²) in [7, 11) is 0. The van der Waals surface area contributed by atoms with Gasteiger partial charge in [0.25, 0.3) is 0 Å². The Hall–Kier alpha value is -1.87. The number of benzene rings is 1. The van der Waals surface area contributed by atoms with Crippen LogP contribution in [0.2, 0.25) is 5.02 Å². The molecule has 0 spiro atoms. The zero-order chi connectivity index (χ0) is 21.0. The molecule has 1 heterocycles. The lowest BCUT2D eigenvalue weighted by Crippen LogP contribution is -2.37. The van der Waals surface area contributed by atoms with Gasteiger partial charge in [0.1, 0.15) is 5.84 Å². The number of allylic oxidation sites excluding steroid dienone is 4. The molecular formula is C24H34ClN3. The predicted molar refractivity (Wildman–Crippen MR) is 124 cm³/mol. The lowest BCUT2D eigenvalue weighted by Gasteiger charge is -2.31. The van der Waals surface area contributed by atoms with Crippen molar-refractivity contribution < 1.29 is 0 Å². The molecule has 3 nitrogen and oxygen atoms in total. The average molecular weight is 400 g/mol. The third-order valence-corrected chi connectivity index (χ3v) is 5.59. The Labute approximate surface area is 175 Å². The van der Waals surface area contributed by atoms with E-state index in [2.05, 4.69) is 72.4 Å². The monoisotopic (exact) mass is 399 g/mol. The molecule has 1 aliphatic heterocycles. The quantitative estimate of drug-likeness (QED) is 0.542. The smallest absolute Gasteiger partial charge is 0.125 e. The largest absolute Gasteiger partial charge is 0.329 e. The first-order chi connectivity index (χ1) is 13.2. The van der Waals surface area contributed by atoms with E-state index >= 15 is 0 Å². The summed E-state index contributed by atoms with van der Waals surface area (Å²) >= 11 is 6.13. The molecule has 0 aromatic heterocycles. The van der Waals surface area contributed by atoms with Crippen LogP contribution in [0.5, 0.6) is 0 Å². The number of halogens is 1. The molecule has 1 atom stereocenters. The highest BCUT2D eigenvalue weighted by atomic mass is 35.5. The molecule has 1 aromatic carbocycles. The normalized spacial score (nSPS) is 17.7. The lowest BCUT2D eigenvalue weighted by molar-refractivity contribution is 0.416. The van der Waals surface area contributed by atoms with Crippen molar-refractivity contribution in [3.05, 3.63) is 57.3 Å². The summed E-state index contributed by atoms with van der Waals surface area (Å²) in [4.78, 5) is 12.4. The van der Waals surface area contributed by atoms with Crippen LogP contribution in [0.15, 0.2) is 56.7 Å². The van der Waals surface area contributed by atoms with Gasteiger partial charge in [-0.25, -0.2) is 0 Å². The van der Waals surface area contributed by atoms with E-state index in [0.29, 0.717) is 12.6 Å². The molecule has 152 valence electrons. The van der Waals surface area contributed by atoms with E-state index in [-0.39, 0.29) is 6.04 Å². The van der Waals surface area contributed by atoms with Gasteiger partial charge < -0.3 is 4.90 Å². The van der Waals surface area contributed by atoms with Crippen LogP contribution in [-0.2, 0) is 0 Å². The van der Waals surface area contributed by atoms with Gasteiger partial charge in [-0.1, -0.05) is 36.2 Å². The number of nitrogens with zero attached hydrogens (tertiary/aromatic N) is 3. The van der Waals surface area contributed by atoms with Crippen molar-refractivity contribution in [2.75, 3.05) is 6.54 Å². The highest BCUT2D eigenvalue weighted by Crippen LogP contribution is 2.29. The molecule has 0 fully saturated rings. The van der Waals surface area contributed by atoms with Crippen molar-refractivity contribution in [2.24, 2.45) is 9.98 Å². The second-order valence-corrected chi connectivity index (χ2v) is 8.46. The highest BCUT2D eigenvalue weighted by molar-refractivity contribution is 6.30. The SMILES string of the molecule is CCC(C)N=C1CN=C(c2ccc(Cl)cc2)C(C(C)=C(C)C)=C(C)N1C(C)C. The zero-order valence-electron chi connectivity index (χ0n) is 18.6. The summed E-state index contributed by atoms with van der Waals surface area (Å²) in [5, 5.41) is 0.738. The van der Waals surface area contributed by atoms with E-state index in [9.17, 15) is 0 Å². The van der Waals surface area contributed by atoms with Gasteiger partial charge in [0.15, 0.2) is 0 Å². The first-order valence-electron chi connectivity index (χ1n) is 10.2. The number of hydrogen-bond acceptors (Lipinski definition) is 2. The summed E-state index contributed by atoms with van der Waals surface area (Å²) < 4.78 is 0. The van der Waals surface area contributed by atoms with E-state index in [1.807, 2.05) is 12.1 Å². The second kappa shape index (κ2) is 9.56. The van der Waals surface area contributed by atoms with Crippen molar-refractivity contribution in [3.8, 4) is 0 Å². The molecule has 0 amide bonds. The van der Waals surface area contributed by atoms with Gasteiger partial charge in [-0.2, -0.15) is 0 Å². The first-order valence-corrected chi connectivity index (χ1v) is 10.6. The molecule has 2 rings (SSSR count). The lowest BCUT2D eigenvalue weighted by atomic mass is 9.92. The maximum atomic E-state index is 6.13. The number of rotatable bonds is 5. The van der Waals surface area contributed by atoms with Crippen LogP contribution in [-0.4, -0.2) is 35.1 Å². The second-order valence-electron chi connectivity index (χ2n) is 8.02. The fraction of sp³-hybridized carbons (Fsp3) is 0.500. The van der Waals surface area contributed by atoms with Crippen LogP contribution >= 0.6 is 11.6 Å². The molecule has 4 heteroatoms. The summed E-state index contributed by atoms with van der Waals surface area (Å²) in [6.07, 6.45) is 1.02. The van der Waals surface area contributed by atoms with E-state index in [0.717, 1.165) is 28.6 Å². The summed E-state index contributed by atoms with van der Waals surface area (Å²) in [6.45, 7) is 18.1. The third-order valence-electron chi connectivity index (χ3n) is 5.34. The van der Waals surface area contributed by atoms with Gasteiger partial charge in [0, 0.05) is 33.9 Å². The number of aliphatic imine (C=N–C) groups is 2. The molecule has 28 heavy (non-hydrogen) atoms. The molecule has 0 radical (unpaired) electrons. The van der Waals surface area contributed by atoms with Crippen LogP contribution in [0.4, 0.5) is 0 Å². The molecule has 0 aliphatic carbocycles. The van der Waals surface area contributed by atoms with Crippen molar-refractivity contribution >= 4 is 23.1 Å². The van der Waals surface area contributed by atoms with Crippen molar-refractivity contribution in [1.82, 2.24) is 4.90 Å². The Bertz CT molecular complexity index is 822. The molecule has 1 aliphatic rings. The van der Waals surface area contributed by atoms with E-state index in [1.54, 1.807) is 0 Å². The van der Waals surface area contributed by atoms with Crippen molar-refractivity contribution in [1.29, 1.82) is 0 Å². The Morgan fingerprint density at radius 3 is 2.25 bits per heavy atom. The van der Waals surface area contributed by atoms with Gasteiger partial charge in [-0.15, -0.1) is 0 Å². The standard InChI is InChI=1S/C24H34ClN3/c1-9-17(6)27-22-14-26-24(20-10-12-21(25)13-11-20)23(18(7)15(2)3)19(8)28(22)16(4)5/h10-13,16-17H,9,14H2,1-8H3. The third kappa shape index (κ3) is 4.94. The van der Waals surface area contributed by atoms with Gasteiger partial charge in [0.2, 0.25) is 0 Å². The van der Waals surface area contributed by atoms with Gasteiger partial charge in [0.05, 0.1) is 12.3 Å². The maximum Gasteiger partial charge on any atom is 0.125 e. The topological polar surface area (TPSA) is 28.0 Å². The molecule has 0 saturated carbocycles. The van der Waals surface area contributed by atoms with Gasteiger partial charge in [-0.3, -0.25) is 9.98 Å². The van der Waals surface area contributed by atoms with Crippen molar-refractivity contribution in [2.45, 2.75) is 73.9 Å². The van der Waals surface area contributed by atoms with Gasteiger partial charge >= 0.3 is 0 Å². The minimum atomic E-state index is 0.282. The first kappa shape index (κ1) is 22.4.